The molecule has 0 aliphatic carbocycles. The summed E-state index contributed by atoms with van der Waals surface area (Å²) >= 11 is 0. The van der Waals surface area contributed by atoms with Gasteiger partial charge in [0, 0.05) is 36.6 Å². The third kappa shape index (κ3) is 4.02. The van der Waals surface area contributed by atoms with Crippen molar-refractivity contribution < 1.29 is 17.6 Å². The van der Waals surface area contributed by atoms with Crippen LogP contribution in [0.3, 0.4) is 0 Å². The Balaban J connectivity index is 1.49. The lowest BCUT2D eigenvalue weighted by atomic mass is 10.1. The highest BCUT2D eigenvalue weighted by Crippen LogP contribution is 2.30. The first kappa shape index (κ1) is 19.3. The van der Waals surface area contributed by atoms with Gasteiger partial charge in [0.25, 0.3) is 10.0 Å². The molecule has 3 N–H and O–H groups in total. The third-order valence-electron chi connectivity index (χ3n) is 5.11. The topological polar surface area (TPSA) is 95.8 Å². The van der Waals surface area contributed by atoms with E-state index in [0.29, 0.717) is 36.5 Å². The average Bonchev–Trinajstić information content (AvgIpc) is 3.29. The van der Waals surface area contributed by atoms with Crippen LogP contribution in [-0.2, 0) is 14.8 Å². The number of ether oxygens (including phenoxy) is 1. The van der Waals surface area contributed by atoms with Crippen LogP contribution in [0.5, 0.6) is 0 Å². The molecule has 1 aromatic heterocycles. The van der Waals surface area contributed by atoms with Gasteiger partial charge in [0.15, 0.2) is 0 Å². The number of hydrazine groups is 1. The van der Waals surface area contributed by atoms with Crippen molar-refractivity contribution in [2.45, 2.75) is 37.2 Å². The molecule has 4 rings (SSSR count). The molecule has 2 fully saturated rings. The first-order chi connectivity index (χ1) is 13.4. The number of hydrogen-bond donors (Lipinski definition) is 3. The fourth-order valence-corrected chi connectivity index (χ4v) is 4.85. The third-order valence-corrected chi connectivity index (χ3v) is 6.60. The average molecular weight is 407 g/mol. The van der Waals surface area contributed by atoms with Gasteiger partial charge in [-0.25, -0.2) is 13.8 Å². The summed E-state index contributed by atoms with van der Waals surface area (Å²) in [6.45, 7) is 6.82. The number of hydrogen-bond acceptors (Lipinski definition) is 7. The molecule has 152 valence electrons. The van der Waals surface area contributed by atoms with Gasteiger partial charge in [-0.15, -0.1) is 0 Å². The Hall–Kier alpha value is -2.07. The van der Waals surface area contributed by atoms with E-state index >= 15 is 0 Å². The number of benzene rings is 1. The number of nitrogens with zero attached hydrogens (tertiary/aromatic N) is 1. The van der Waals surface area contributed by atoms with E-state index in [1.165, 1.54) is 0 Å². The minimum Gasteiger partial charge on any atom is -0.463 e. The molecule has 2 aromatic rings. The summed E-state index contributed by atoms with van der Waals surface area (Å²) in [6, 6.07) is 9.28. The quantitative estimate of drug-likeness (QED) is 0.700. The Labute approximate surface area is 165 Å². The molecule has 2 aliphatic heterocycles. The van der Waals surface area contributed by atoms with Gasteiger partial charge in [0.2, 0.25) is 0 Å². The summed E-state index contributed by atoms with van der Waals surface area (Å²) in [4.78, 5) is 2.39. The molecule has 1 aromatic carbocycles. The van der Waals surface area contributed by atoms with Crippen LogP contribution in [0.1, 0.15) is 30.9 Å². The van der Waals surface area contributed by atoms with Gasteiger partial charge in [-0.05, 0) is 44.5 Å². The fourth-order valence-electron chi connectivity index (χ4n) is 3.60. The van der Waals surface area contributed by atoms with E-state index in [4.69, 9.17) is 9.15 Å². The van der Waals surface area contributed by atoms with E-state index in [1.54, 1.807) is 25.1 Å². The van der Waals surface area contributed by atoms with Crippen LogP contribution in [-0.4, -0.2) is 40.8 Å². The molecule has 2 saturated heterocycles. The van der Waals surface area contributed by atoms with E-state index < -0.39 is 10.0 Å². The number of morpholine rings is 1. The summed E-state index contributed by atoms with van der Waals surface area (Å²) in [5.74, 6) is 1.01. The van der Waals surface area contributed by atoms with Crippen LogP contribution in [0.15, 0.2) is 39.6 Å². The molecule has 0 radical (unpaired) electrons. The lowest BCUT2D eigenvalue weighted by Crippen LogP contribution is -2.36. The zero-order chi connectivity index (χ0) is 19.7. The molecular formula is C19H26N4O4S. The highest BCUT2D eigenvalue weighted by atomic mass is 32.2. The van der Waals surface area contributed by atoms with E-state index in [1.807, 2.05) is 12.1 Å². The maximum absolute atomic E-state index is 12.9. The molecule has 3 heterocycles. The summed E-state index contributed by atoms with van der Waals surface area (Å²) in [7, 11) is -3.73. The molecule has 2 atom stereocenters. The molecular weight excluding hydrogens is 380 g/mol. The minimum absolute atomic E-state index is 0.0366. The number of nitrogens with one attached hydrogen (secondary N) is 3. The SMILES string of the molecule is Cc1oc(C2CC(C)NN2)cc1S(=O)(=O)Nc1ccc(N2CCOCC2)cc1. The Bertz CT molecular complexity index is 920. The van der Waals surface area contributed by atoms with E-state index in [9.17, 15) is 8.42 Å². The van der Waals surface area contributed by atoms with E-state index in [-0.39, 0.29) is 10.9 Å². The van der Waals surface area contributed by atoms with Crippen molar-refractivity contribution in [3.8, 4) is 0 Å². The van der Waals surface area contributed by atoms with Crippen molar-refractivity contribution >= 4 is 21.4 Å². The van der Waals surface area contributed by atoms with Crippen LogP contribution >= 0.6 is 0 Å². The van der Waals surface area contributed by atoms with Crippen molar-refractivity contribution in [2.24, 2.45) is 0 Å². The normalized spacial score (nSPS) is 23.1. The second-order valence-electron chi connectivity index (χ2n) is 7.30. The van der Waals surface area contributed by atoms with Gasteiger partial charge in [-0.1, -0.05) is 0 Å². The van der Waals surface area contributed by atoms with Gasteiger partial charge in [-0.2, -0.15) is 0 Å². The van der Waals surface area contributed by atoms with Crippen molar-refractivity contribution in [1.82, 2.24) is 10.9 Å². The van der Waals surface area contributed by atoms with Crippen LogP contribution in [0, 0.1) is 6.92 Å². The molecule has 2 aliphatic rings. The summed E-state index contributed by atoms with van der Waals surface area (Å²) in [6.07, 6.45) is 0.836. The van der Waals surface area contributed by atoms with Gasteiger partial charge in [-0.3, -0.25) is 10.1 Å². The lowest BCUT2D eigenvalue weighted by molar-refractivity contribution is 0.122. The molecule has 8 nitrogen and oxygen atoms in total. The van der Waals surface area contributed by atoms with E-state index in [2.05, 4.69) is 27.4 Å². The molecule has 0 spiro atoms. The number of aryl methyl sites for hydroxylation is 1. The van der Waals surface area contributed by atoms with Crippen molar-refractivity contribution in [2.75, 3.05) is 35.9 Å². The molecule has 28 heavy (non-hydrogen) atoms. The number of anilines is 2. The maximum atomic E-state index is 12.9. The highest BCUT2D eigenvalue weighted by Gasteiger charge is 2.29. The Kier molecular flexibility index (Phi) is 5.33. The van der Waals surface area contributed by atoms with Crippen LogP contribution in [0.25, 0.3) is 0 Å². The Morgan fingerprint density at radius 1 is 1.14 bits per heavy atom. The molecule has 2 unspecified atom stereocenters. The fraction of sp³-hybridized carbons (Fsp3) is 0.474. The van der Waals surface area contributed by atoms with Crippen LogP contribution in [0.4, 0.5) is 11.4 Å². The summed E-state index contributed by atoms with van der Waals surface area (Å²) in [5.41, 5.74) is 7.83. The maximum Gasteiger partial charge on any atom is 0.265 e. The standard InChI is InChI=1S/C19H26N4O4S/c1-13-11-17(21-20-13)18-12-19(14(2)27-18)28(24,25)22-15-3-5-16(6-4-15)23-7-9-26-10-8-23/h3-6,12-13,17,20-22H,7-11H2,1-2H3. The smallest absolute Gasteiger partial charge is 0.265 e. The Morgan fingerprint density at radius 2 is 1.86 bits per heavy atom. The van der Waals surface area contributed by atoms with Crippen LogP contribution in [0.2, 0.25) is 0 Å². The second-order valence-corrected chi connectivity index (χ2v) is 8.95. The van der Waals surface area contributed by atoms with Gasteiger partial charge >= 0.3 is 0 Å². The predicted octanol–water partition coefficient (Wildman–Crippen LogP) is 2.15. The van der Waals surface area contributed by atoms with Gasteiger partial charge in [0.05, 0.1) is 19.3 Å². The highest BCUT2D eigenvalue weighted by molar-refractivity contribution is 7.92. The van der Waals surface area contributed by atoms with Gasteiger partial charge < -0.3 is 14.1 Å². The predicted molar refractivity (Wildman–Crippen MR) is 107 cm³/mol. The van der Waals surface area contributed by atoms with Crippen molar-refractivity contribution in [1.29, 1.82) is 0 Å². The largest absolute Gasteiger partial charge is 0.463 e. The number of furan rings is 1. The zero-order valence-electron chi connectivity index (χ0n) is 16.1. The minimum atomic E-state index is -3.73. The summed E-state index contributed by atoms with van der Waals surface area (Å²) in [5, 5.41) is 0. The summed E-state index contributed by atoms with van der Waals surface area (Å²) < 4.78 is 39.5. The number of sulfonamides is 1. The molecule has 0 saturated carbocycles. The first-order valence-corrected chi connectivity index (χ1v) is 11.0. The number of rotatable bonds is 5. The molecule has 0 amide bonds. The lowest BCUT2D eigenvalue weighted by Gasteiger charge is -2.28. The second kappa shape index (κ2) is 7.75. The monoisotopic (exact) mass is 406 g/mol. The van der Waals surface area contributed by atoms with Crippen molar-refractivity contribution in [3.05, 3.63) is 41.9 Å². The molecule has 9 heteroatoms. The van der Waals surface area contributed by atoms with Crippen molar-refractivity contribution in [3.63, 3.8) is 0 Å². The van der Waals surface area contributed by atoms with Gasteiger partial charge in [0.1, 0.15) is 16.4 Å². The first-order valence-electron chi connectivity index (χ1n) is 9.49. The molecule has 0 bridgehead atoms. The Morgan fingerprint density at radius 3 is 2.50 bits per heavy atom. The van der Waals surface area contributed by atoms with Crippen LogP contribution < -0.4 is 20.5 Å². The van der Waals surface area contributed by atoms with E-state index in [0.717, 1.165) is 25.2 Å². The zero-order valence-corrected chi connectivity index (χ0v) is 16.9.